The Labute approximate surface area is 177 Å². The number of hydrogen-bond acceptors (Lipinski definition) is 3. The number of aryl methyl sites for hydroxylation is 2. The first-order chi connectivity index (χ1) is 14.4. The van der Waals surface area contributed by atoms with Gasteiger partial charge in [0.1, 0.15) is 11.3 Å². The molecule has 0 N–H and O–H groups in total. The molecule has 0 fully saturated rings. The summed E-state index contributed by atoms with van der Waals surface area (Å²) in [4.78, 5) is 19.2. The predicted molar refractivity (Wildman–Crippen MR) is 117 cm³/mol. The summed E-state index contributed by atoms with van der Waals surface area (Å²) in [5.41, 5.74) is 4.11. The van der Waals surface area contributed by atoms with Crippen molar-refractivity contribution >= 4 is 32.6 Å². The largest absolute Gasteiger partial charge is 0.283 e. The number of amides is 1. The number of anilines is 1. The highest BCUT2D eigenvalue weighted by atomic mass is 32.1. The molecule has 6 heteroatoms. The van der Waals surface area contributed by atoms with Crippen LogP contribution in [-0.4, -0.2) is 10.9 Å². The molecule has 30 heavy (non-hydrogen) atoms. The molecule has 0 spiro atoms. The Morgan fingerprint density at radius 2 is 1.80 bits per heavy atom. The Kier molecular flexibility index (Phi) is 5.59. The third-order valence-electron chi connectivity index (χ3n) is 4.96. The molecule has 1 heterocycles. The standard InChI is InChI=1S/C24H20F2N2OS/c1-15-8-9-18(16(2)10-15)11-22(29)28(14-17-6-4-3-5-7-17)24-27-23-20(26)12-19(25)13-21(23)30-24/h3-10,12-13H,11,14H2,1-2H3. The van der Waals surface area contributed by atoms with Crippen molar-refractivity contribution in [3.05, 3.63) is 94.6 Å². The Hall–Kier alpha value is -3.12. The van der Waals surface area contributed by atoms with Crippen LogP contribution in [0.1, 0.15) is 22.3 Å². The second kappa shape index (κ2) is 8.32. The first kappa shape index (κ1) is 20.2. The summed E-state index contributed by atoms with van der Waals surface area (Å²) >= 11 is 1.11. The molecule has 0 aliphatic rings. The lowest BCUT2D eigenvalue weighted by Crippen LogP contribution is -2.31. The first-order valence-electron chi connectivity index (χ1n) is 9.57. The number of carbonyl (C=O) groups is 1. The molecule has 0 saturated carbocycles. The molecule has 3 nitrogen and oxygen atoms in total. The van der Waals surface area contributed by atoms with E-state index in [0.29, 0.717) is 16.4 Å². The number of aromatic nitrogens is 1. The normalized spacial score (nSPS) is 11.1. The lowest BCUT2D eigenvalue weighted by molar-refractivity contribution is -0.118. The lowest BCUT2D eigenvalue weighted by atomic mass is 10.0. The number of rotatable bonds is 5. The van der Waals surface area contributed by atoms with E-state index < -0.39 is 11.6 Å². The van der Waals surface area contributed by atoms with E-state index in [0.717, 1.165) is 39.7 Å². The molecule has 1 aromatic heterocycles. The van der Waals surface area contributed by atoms with Gasteiger partial charge in [0, 0.05) is 6.07 Å². The molecular formula is C24H20F2N2OS. The van der Waals surface area contributed by atoms with Crippen molar-refractivity contribution in [2.24, 2.45) is 0 Å². The van der Waals surface area contributed by atoms with Crippen LogP contribution in [0.5, 0.6) is 0 Å². The molecule has 0 saturated heterocycles. The quantitative estimate of drug-likeness (QED) is 0.397. The smallest absolute Gasteiger partial charge is 0.233 e. The maximum atomic E-state index is 14.2. The molecule has 0 unspecified atom stereocenters. The summed E-state index contributed by atoms with van der Waals surface area (Å²) in [7, 11) is 0. The van der Waals surface area contributed by atoms with Crippen molar-refractivity contribution in [2.45, 2.75) is 26.8 Å². The van der Waals surface area contributed by atoms with Crippen LogP contribution >= 0.6 is 11.3 Å². The van der Waals surface area contributed by atoms with Crippen LogP contribution in [0.3, 0.4) is 0 Å². The average Bonchev–Trinajstić information content (AvgIpc) is 3.13. The van der Waals surface area contributed by atoms with Gasteiger partial charge in [0.25, 0.3) is 0 Å². The fourth-order valence-corrected chi connectivity index (χ4v) is 4.41. The van der Waals surface area contributed by atoms with Gasteiger partial charge in [-0.2, -0.15) is 0 Å². The summed E-state index contributed by atoms with van der Waals surface area (Å²) in [6.45, 7) is 4.29. The van der Waals surface area contributed by atoms with Gasteiger partial charge in [-0.25, -0.2) is 13.8 Å². The van der Waals surface area contributed by atoms with E-state index in [4.69, 9.17) is 0 Å². The third kappa shape index (κ3) is 4.24. The predicted octanol–water partition coefficient (Wildman–Crippen LogP) is 5.97. The molecule has 152 valence electrons. The van der Waals surface area contributed by atoms with Crippen molar-refractivity contribution in [3.63, 3.8) is 0 Å². The Morgan fingerprint density at radius 1 is 1.03 bits per heavy atom. The number of thiazole rings is 1. The number of carbonyl (C=O) groups excluding carboxylic acids is 1. The van der Waals surface area contributed by atoms with Crippen molar-refractivity contribution < 1.29 is 13.6 Å². The van der Waals surface area contributed by atoms with Crippen LogP contribution in [0.25, 0.3) is 10.2 Å². The van der Waals surface area contributed by atoms with Crippen molar-refractivity contribution in [2.75, 3.05) is 4.90 Å². The van der Waals surface area contributed by atoms with E-state index in [-0.39, 0.29) is 17.8 Å². The number of halogens is 2. The zero-order chi connectivity index (χ0) is 21.3. The molecule has 1 amide bonds. The lowest BCUT2D eigenvalue weighted by Gasteiger charge is -2.20. The van der Waals surface area contributed by atoms with E-state index in [2.05, 4.69) is 4.98 Å². The van der Waals surface area contributed by atoms with Gasteiger partial charge in [-0.1, -0.05) is 65.4 Å². The van der Waals surface area contributed by atoms with E-state index in [1.807, 2.05) is 62.4 Å². The first-order valence-corrected chi connectivity index (χ1v) is 10.4. The Morgan fingerprint density at radius 3 is 2.53 bits per heavy atom. The third-order valence-corrected chi connectivity index (χ3v) is 5.98. The van der Waals surface area contributed by atoms with Crippen LogP contribution < -0.4 is 4.90 Å². The second-order valence-corrected chi connectivity index (χ2v) is 8.31. The molecule has 3 aromatic carbocycles. The van der Waals surface area contributed by atoms with E-state index >= 15 is 0 Å². The molecule has 0 aliphatic heterocycles. The van der Waals surface area contributed by atoms with Crippen molar-refractivity contribution in [1.82, 2.24) is 4.98 Å². The maximum absolute atomic E-state index is 14.2. The fraction of sp³-hybridized carbons (Fsp3) is 0.167. The van der Waals surface area contributed by atoms with Crippen molar-refractivity contribution in [3.8, 4) is 0 Å². The highest BCUT2D eigenvalue weighted by molar-refractivity contribution is 7.22. The van der Waals surface area contributed by atoms with Gasteiger partial charge in [-0.3, -0.25) is 9.69 Å². The molecule has 0 atom stereocenters. The van der Waals surface area contributed by atoms with E-state index in [1.165, 1.54) is 6.07 Å². The van der Waals surface area contributed by atoms with Crippen LogP contribution in [0.15, 0.2) is 60.7 Å². The minimum absolute atomic E-state index is 0.0776. The molecular weight excluding hydrogens is 402 g/mol. The highest BCUT2D eigenvalue weighted by Gasteiger charge is 2.22. The van der Waals surface area contributed by atoms with Crippen LogP contribution in [0, 0.1) is 25.5 Å². The van der Waals surface area contributed by atoms with Gasteiger partial charge >= 0.3 is 0 Å². The summed E-state index contributed by atoms with van der Waals surface area (Å²) in [5.74, 6) is -1.54. The van der Waals surface area contributed by atoms with Gasteiger partial charge in [-0.15, -0.1) is 0 Å². The molecule has 0 bridgehead atoms. The summed E-state index contributed by atoms with van der Waals surface area (Å²) in [5, 5.41) is 0.355. The van der Waals surface area contributed by atoms with Crippen LogP contribution in [0.2, 0.25) is 0 Å². The van der Waals surface area contributed by atoms with E-state index in [1.54, 1.807) is 4.90 Å². The van der Waals surface area contributed by atoms with Gasteiger partial charge in [0.05, 0.1) is 17.7 Å². The number of fused-ring (bicyclic) bond motifs is 1. The second-order valence-electron chi connectivity index (χ2n) is 7.30. The monoisotopic (exact) mass is 422 g/mol. The minimum atomic E-state index is -0.728. The van der Waals surface area contributed by atoms with Crippen LogP contribution in [-0.2, 0) is 17.8 Å². The minimum Gasteiger partial charge on any atom is -0.283 e. The zero-order valence-corrected chi connectivity index (χ0v) is 17.5. The number of benzene rings is 3. The summed E-state index contributed by atoms with van der Waals surface area (Å²) in [6, 6.07) is 17.6. The average molecular weight is 423 g/mol. The SMILES string of the molecule is Cc1ccc(CC(=O)N(Cc2ccccc2)c2nc3c(F)cc(F)cc3s2)c(C)c1. The molecule has 0 aliphatic carbocycles. The highest BCUT2D eigenvalue weighted by Crippen LogP contribution is 2.32. The zero-order valence-electron chi connectivity index (χ0n) is 16.7. The van der Waals surface area contributed by atoms with Gasteiger partial charge in [-0.05, 0) is 36.6 Å². The maximum Gasteiger partial charge on any atom is 0.233 e. The summed E-state index contributed by atoms with van der Waals surface area (Å²) in [6.07, 6.45) is 0.200. The van der Waals surface area contributed by atoms with Gasteiger partial charge in [0.15, 0.2) is 10.9 Å². The van der Waals surface area contributed by atoms with Gasteiger partial charge in [0.2, 0.25) is 5.91 Å². The number of hydrogen-bond donors (Lipinski definition) is 0. The molecule has 4 aromatic rings. The topological polar surface area (TPSA) is 33.2 Å². The van der Waals surface area contributed by atoms with Gasteiger partial charge < -0.3 is 0 Å². The van der Waals surface area contributed by atoms with Crippen molar-refractivity contribution in [1.29, 1.82) is 0 Å². The van der Waals surface area contributed by atoms with E-state index in [9.17, 15) is 13.6 Å². The number of nitrogens with zero attached hydrogens (tertiary/aromatic N) is 2. The molecule has 0 radical (unpaired) electrons. The Balaban J connectivity index is 1.72. The van der Waals surface area contributed by atoms with Crippen LogP contribution in [0.4, 0.5) is 13.9 Å². The molecule has 4 rings (SSSR count). The summed E-state index contributed by atoms with van der Waals surface area (Å²) < 4.78 is 28.2. The fourth-order valence-electron chi connectivity index (χ4n) is 3.39. The Bertz CT molecular complexity index is 1220.